The van der Waals surface area contributed by atoms with Crippen LogP contribution in [0, 0.1) is 0 Å². The first-order valence-electron chi connectivity index (χ1n) is 3.79. The van der Waals surface area contributed by atoms with E-state index in [9.17, 15) is 4.79 Å². The molecule has 0 fully saturated rings. The molecule has 0 bridgehead atoms. The zero-order valence-electron chi connectivity index (χ0n) is 6.82. The van der Waals surface area contributed by atoms with Gasteiger partial charge in [0.05, 0.1) is 0 Å². The fourth-order valence-electron chi connectivity index (χ4n) is 1.39. The van der Waals surface area contributed by atoms with Crippen LogP contribution in [-0.4, -0.2) is 17.1 Å². The van der Waals surface area contributed by atoms with Crippen molar-refractivity contribution in [3.05, 3.63) is 21.9 Å². The van der Waals surface area contributed by atoms with Crippen molar-refractivity contribution in [3.63, 3.8) is 0 Å². The molecule has 2 heterocycles. The van der Waals surface area contributed by atoms with Gasteiger partial charge in [0, 0.05) is 11.4 Å². The first kappa shape index (κ1) is 10.5. The Morgan fingerprint density at radius 2 is 2.46 bits per heavy atom. The fourth-order valence-corrected chi connectivity index (χ4v) is 2.25. The van der Waals surface area contributed by atoms with E-state index in [-0.39, 0.29) is 12.4 Å². The molecule has 1 aliphatic heterocycles. The molecule has 5 heteroatoms. The molecule has 3 nitrogen and oxygen atoms in total. The van der Waals surface area contributed by atoms with Crippen LogP contribution in [0.2, 0.25) is 0 Å². The SMILES string of the molecule is Cl.O=C(O)C1Cc2ccsc2CN1. The lowest BCUT2D eigenvalue weighted by Crippen LogP contribution is -2.40. The van der Waals surface area contributed by atoms with Gasteiger partial charge >= 0.3 is 5.97 Å². The summed E-state index contributed by atoms with van der Waals surface area (Å²) in [5.74, 6) is -0.758. The van der Waals surface area contributed by atoms with Crippen LogP contribution in [-0.2, 0) is 17.8 Å². The number of carbonyl (C=O) groups is 1. The van der Waals surface area contributed by atoms with Crippen LogP contribution in [0.5, 0.6) is 0 Å². The smallest absolute Gasteiger partial charge is 0.321 e. The lowest BCUT2D eigenvalue weighted by Gasteiger charge is -2.19. The summed E-state index contributed by atoms with van der Waals surface area (Å²) in [7, 11) is 0. The molecule has 1 unspecified atom stereocenters. The highest BCUT2D eigenvalue weighted by Crippen LogP contribution is 2.21. The van der Waals surface area contributed by atoms with Crippen molar-refractivity contribution in [1.29, 1.82) is 0 Å². The summed E-state index contributed by atoms with van der Waals surface area (Å²) in [5.41, 5.74) is 1.19. The molecule has 0 spiro atoms. The number of nitrogens with one attached hydrogen (secondary N) is 1. The van der Waals surface area contributed by atoms with Crippen LogP contribution < -0.4 is 5.32 Å². The number of halogens is 1. The lowest BCUT2D eigenvalue weighted by molar-refractivity contribution is -0.139. The summed E-state index contributed by atoms with van der Waals surface area (Å²) in [6.45, 7) is 0.698. The second-order valence-electron chi connectivity index (χ2n) is 2.84. The van der Waals surface area contributed by atoms with Crippen LogP contribution >= 0.6 is 23.7 Å². The number of hydrogen-bond donors (Lipinski definition) is 2. The summed E-state index contributed by atoms with van der Waals surface area (Å²) in [6, 6.07) is 1.61. The van der Waals surface area contributed by atoms with Crippen molar-refractivity contribution < 1.29 is 9.90 Å². The normalized spacial score (nSPS) is 20.2. The zero-order valence-corrected chi connectivity index (χ0v) is 8.45. The van der Waals surface area contributed by atoms with E-state index in [1.54, 1.807) is 11.3 Å². The van der Waals surface area contributed by atoms with E-state index in [2.05, 4.69) is 5.32 Å². The highest BCUT2D eigenvalue weighted by Gasteiger charge is 2.23. The van der Waals surface area contributed by atoms with Gasteiger partial charge in [0.25, 0.3) is 0 Å². The monoisotopic (exact) mass is 219 g/mol. The molecular formula is C8H10ClNO2S. The predicted octanol–water partition coefficient (Wildman–Crippen LogP) is 1.27. The molecule has 0 radical (unpaired) electrons. The molecule has 1 atom stereocenters. The standard InChI is InChI=1S/C8H9NO2S.ClH/c10-8(11)6-3-5-1-2-12-7(5)4-9-6;/h1-2,6,9H,3-4H2,(H,10,11);1H. The Morgan fingerprint density at radius 1 is 1.69 bits per heavy atom. The van der Waals surface area contributed by atoms with Crippen molar-refractivity contribution in [2.75, 3.05) is 0 Å². The largest absolute Gasteiger partial charge is 0.480 e. The average Bonchev–Trinajstić information content (AvgIpc) is 2.49. The quantitative estimate of drug-likeness (QED) is 0.748. The van der Waals surface area contributed by atoms with Crippen molar-refractivity contribution in [2.24, 2.45) is 0 Å². The molecule has 1 aliphatic rings. The Hall–Kier alpha value is -0.580. The molecule has 0 amide bonds. The Labute approximate surface area is 86.2 Å². The zero-order chi connectivity index (χ0) is 8.55. The minimum absolute atomic E-state index is 0. The Kier molecular flexibility index (Phi) is 3.30. The van der Waals surface area contributed by atoms with Crippen molar-refractivity contribution in [1.82, 2.24) is 5.32 Å². The maximum Gasteiger partial charge on any atom is 0.321 e. The van der Waals surface area contributed by atoms with Crippen molar-refractivity contribution in [3.8, 4) is 0 Å². The van der Waals surface area contributed by atoms with E-state index < -0.39 is 12.0 Å². The molecule has 2 N–H and O–H groups in total. The van der Waals surface area contributed by atoms with Crippen LogP contribution in [0.25, 0.3) is 0 Å². The number of thiophene rings is 1. The van der Waals surface area contributed by atoms with Gasteiger partial charge in [-0.1, -0.05) is 0 Å². The number of carboxylic acid groups (broad SMARTS) is 1. The van der Waals surface area contributed by atoms with Gasteiger partial charge in [-0.15, -0.1) is 23.7 Å². The number of carboxylic acids is 1. The number of fused-ring (bicyclic) bond motifs is 1. The van der Waals surface area contributed by atoms with Gasteiger partial charge < -0.3 is 5.11 Å². The van der Waals surface area contributed by atoms with Crippen LogP contribution in [0.15, 0.2) is 11.4 Å². The second-order valence-corrected chi connectivity index (χ2v) is 3.85. The van der Waals surface area contributed by atoms with Gasteiger partial charge in [0.2, 0.25) is 0 Å². The lowest BCUT2D eigenvalue weighted by atomic mass is 10.0. The third-order valence-electron chi connectivity index (χ3n) is 2.07. The average molecular weight is 220 g/mol. The topological polar surface area (TPSA) is 49.3 Å². The van der Waals surface area contributed by atoms with Crippen LogP contribution in [0.1, 0.15) is 10.4 Å². The summed E-state index contributed by atoms with van der Waals surface area (Å²) >= 11 is 1.68. The van der Waals surface area contributed by atoms with Gasteiger partial charge in [-0.2, -0.15) is 0 Å². The molecule has 0 saturated heterocycles. The van der Waals surface area contributed by atoms with Gasteiger partial charge in [0.1, 0.15) is 6.04 Å². The van der Waals surface area contributed by atoms with Gasteiger partial charge in [-0.25, -0.2) is 0 Å². The second kappa shape index (κ2) is 4.09. The van der Waals surface area contributed by atoms with E-state index in [1.165, 1.54) is 10.4 Å². The first-order valence-corrected chi connectivity index (χ1v) is 4.67. The van der Waals surface area contributed by atoms with E-state index in [1.807, 2.05) is 11.4 Å². The number of rotatable bonds is 1. The highest BCUT2D eigenvalue weighted by molar-refractivity contribution is 7.10. The van der Waals surface area contributed by atoms with Crippen LogP contribution in [0.4, 0.5) is 0 Å². The minimum Gasteiger partial charge on any atom is -0.480 e. The van der Waals surface area contributed by atoms with Gasteiger partial charge in [-0.05, 0) is 23.4 Å². The Balaban J connectivity index is 0.000000845. The Morgan fingerprint density at radius 3 is 3.15 bits per heavy atom. The molecule has 0 aliphatic carbocycles. The van der Waals surface area contributed by atoms with E-state index in [4.69, 9.17) is 5.11 Å². The maximum atomic E-state index is 10.6. The van der Waals surface area contributed by atoms with Gasteiger partial charge in [-0.3, -0.25) is 10.1 Å². The maximum absolute atomic E-state index is 10.6. The third-order valence-corrected chi connectivity index (χ3v) is 3.03. The number of aliphatic carboxylic acids is 1. The molecule has 2 rings (SSSR count). The van der Waals surface area contributed by atoms with E-state index in [0.717, 1.165) is 0 Å². The molecule has 1 aromatic heterocycles. The molecule has 0 saturated carbocycles. The Bertz CT molecular complexity index is 313. The van der Waals surface area contributed by atoms with Crippen molar-refractivity contribution >= 4 is 29.7 Å². The summed E-state index contributed by atoms with van der Waals surface area (Å²) in [6.07, 6.45) is 0.619. The van der Waals surface area contributed by atoms with Gasteiger partial charge in [0.15, 0.2) is 0 Å². The summed E-state index contributed by atoms with van der Waals surface area (Å²) < 4.78 is 0. The van der Waals surface area contributed by atoms with Crippen LogP contribution in [0.3, 0.4) is 0 Å². The number of hydrogen-bond acceptors (Lipinski definition) is 3. The third kappa shape index (κ3) is 2.02. The minimum atomic E-state index is -0.758. The van der Waals surface area contributed by atoms with Crippen molar-refractivity contribution in [2.45, 2.75) is 19.0 Å². The molecule has 72 valence electrons. The summed E-state index contributed by atoms with van der Waals surface area (Å²) in [4.78, 5) is 11.9. The highest BCUT2D eigenvalue weighted by atomic mass is 35.5. The first-order chi connectivity index (χ1) is 5.77. The van der Waals surface area contributed by atoms with E-state index >= 15 is 0 Å². The molecule has 0 aromatic carbocycles. The molecular weight excluding hydrogens is 210 g/mol. The predicted molar refractivity (Wildman–Crippen MR) is 53.5 cm³/mol. The molecule has 1 aromatic rings. The summed E-state index contributed by atoms with van der Waals surface area (Å²) in [5, 5.41) is 13.7. The van der Waals surface area contributed by atoms with E-state index in [0.29, 0.717) is 13.0 Å². The molecule has 13 heavy (non-hydrogen) atoms. The fraction of sp³-hybridized carbons (Fsp3) is 0.375.